The van der Waals surface area contributed by atoms with Crippen LogP contribution in [0, 0.1) is 0 Å². The highest BCUT2D eigenvalue weighted by atomic mass is 32.2. The smallest absolute Gasteiger partial charge is 0.325 e. The molecule has 1 fully saturated rings. The first-order chi connectivity index (χ1) is 12.0. The van der Waals surface area contributed by atoms with Crippen LogP contribution in [0.15, 0.2) is 35.8 Å². The number of benzene rings is 1. The van der Waals surface area contributed by atoms with Crippen LogP contribution in [0.3, 0.4) is 0 Å². The van der Waals surface area contributed by atoms with Gasteiger partial charge in [0.05, 0.1) is 19.1 Å². The lowest BCUT2D eigenvalue weighted by Gasteiger charge is -2.12. The number of thioether (sulfide) groups is 1. The molecule has 0 atom stereocenters. The number of rotatable bonds is 7. The molecule has 132 valence electrons. The zero-order valence-electron chi connectivity index (χ0n) is 13.8. The molecule has 0 unspecified atom stereocenters. The molecule has 0 saturated carbocycles. The first-order valence-electron chi connectivity index (χ1n) is 7.24. The third-order valence-corrected chi connectivity index (χ3v) is 4.61. The Morgan fingerprint density at radius 2 is 2.12 bits per heavy atom. The van der Waals surface area contributed by atoms with Crippen LogP contribution in [0.1, 0.15) is 5.56 Å². The Bertz CT molecular complexity index is 745. The Kier molecular flexibility index (Phi) is 6.60. The SMILES string of the molecule is C=CCOc1ccc(/C=C2\SC(=S)N(CC(=O)OC)C2=O)cc1OC. The Labute approximate surface area is 155 Å². The largest absolute Gasteiger partial charge is 0.493 e. The van der Waals surface area contributed by atoms with E-state index in [1.807, 2.05) is 0 Å². The zero-order valence-corrected chi connectivity index (χ0v) is 15.4. The normalized spacial score (nSPS) is 15.4. The van der Waals surface area contributed by atoms with Crippen LogP contribution in [0.4, 0.5) is 0 Å². The van der Waals surface area contributed by atoms with Gasteiger partial charge in [-0.25, -0.2) is 0 Å². The number of thiocarbonyl (C=S) groups is 1. The molecular weight excluding hydrogens is 362 g/mol. The van der Waals surface area contributed by atoms with E-state index < -0.39 is 5.97 Å². The number of carbonyl (C=O) groups excluding carboxylic acids is 2. The summed E-state index contributed by atoms with van der Waals surface area (Å²) in [6.45, 7) is 3.77. The summed E-state index contributed by atoms with van der Waals surface area (Å²) in [4.78, 5) is 25.4. The number of carbonyl (C=O) groups is 2. The van der Waals surface area contributed by atoms with Gasteiger partial charge in [0.15, 0.2) is 11.5 Å². The van der Waals surface area contributed by atoms with Crippen LogP contribution < -0.4 is 9.47 Å². The van der Waals surface area contributed by atoms with Crippen LogP contribution in [0.2, 0.25) is 0 Å². The van der Waals surface area contributed by atoms with Gasteiger partial charge in [-0.1, -0.05) is 42.7 Å². The van der Waals surface area contributed by atoms with Gasteiger partial charge < -0.3 is 14.2 Å². The lowest BCUT2D eigenvalue weighted by atomic mass is 10.2. The lowest BCUT2D eigenvalue weighted by Crippen LogP contribution is -2.33. The molecule has 1 heterocycles. The number of methoxy groups -OCH3 is 2. The summed E-state index contributed by atoms with van der Waals surface area (Å²) in [6.07, 6.45) is 3.33. The van der Waals surface area contributed by atoms with E-state index in [1.165, 1.54) is 19.1 Å². The third kappa shape index (κ3) is 4.61. The fraction of sp³-hybridized carbons (Fsp3) is 0.235. The van der Waals surface area contributed by atoms with Crippen molar-refractivity contribution in [2.45, 2.75) is 0 Å². The maximum Gasteiger partial charge on any atom is 0.325 e. The van der Waals surface area contributed by atoms with E-state index in [1.54, 1.807) is 30.4 Å². The second-order valence-corrected chi connectivity index (χ2v) is 6.53. The van der Waals surface area contributed by atoms with Gasteiger partial charge >= 0.3 is 5.97 Å². The number of hydrogen-bond donors (Lipinski definition) is 0. The minimum Gasteiger partial charge on any atom is -0.493 e. The highest BCUT2D eigenvalue weighted by molar-refractivity contribution is 8.26. The molecule has 0 radical (unpaired) electrons. The lowest BCUT2D eigenvalue weighted by molar-refractivity contribution is -0.143. The maximum absolute atomic E-state index is 12.4. The first-order valence-corrected chi connectivity index (χ1v) is 8.46. The van der Waals surface area contributed by atoms with E-state index in [4.69, 9.17) is 21.7 Å². The molecule has 1 aromatic carbocycles. The fourth-order valence-electron chi connectivity index (χ4n) is 2.02. The molecule has 1 amide bonds. The van der Waals surface area contributed by atoms with Crippen molar-refractivity contribution >= 4 is 46.3 Å². The van der Waals surface area contributed by atoms with Gasteiger partial charge in [-0.2, -0.15) is 0 Å². The second-order valence-electron chi connectivity index (χ2n) is 4.85. The summed E-state index contributed by atoms with van der Waals surface area (Å²) >= 11 is 6.30. The molecule has 0 N–H and O–H groups in total. The maximum atomic E-state index is 12.4. The van der Waals surface area contributed by atoms with Crippen molar-refractivity contribution in [3.8, 4) is 11.5 Å². The predicted molar refractivity (Wildman–Crippen MR) is 101 cm³/mol. The molecule has 2 rings (SSSR count). The minimum atomic E-state index is -0.525. The number of esters is 1. The van der Waals surface area contributed by atoms with Crippen molar-refractivity contribution in [2.75, 3.05) is 27.4 Å². The summed E-state index contributed by atoms with van der Waals surface area (Å²) in [5.41, 5.74) is 0.751. The second kappa shape index (κ2) is 8.68. The fourth-order valence-corrected chi connectivity index (χ4v) is 3.28. The van der Waals surface area contributed by atoms with Gasteiger partial charge in [-0.3, -0.25) is 14.5 Å². The molecule has 0 aromatic heterocycles. The Morgan fingerprint density at radius 3 is 2.76 bits per heavy atom. The molecule has 1 aliphatic rings. The average molecular weight is 379 g/mol. The molecule has 1 aromatic rings. The predicted octanol–water partition coefficient (Wildman–Crippen LogP) is 2.63. The van der Waals surface area contributed by atoms with Gasteiger partial charge in [0.2, 0.25) is 0 Å². The van der Waals surface area contributed by atoms with Crippen LogP contribution in [-0.2, 0) is 14.3 Å². The zero-order chi connectivity index (χ0) is 18.4. The Balaban J connectivity index is 2.22. The van der Waals surface area contributed by atoms with Gasteiger partial charge in [0, 0.05) is 0 Å². The van der Waals surface area contributed by atoms with E-state index in [9.17, 15) is 9.59 Å². The third-order valence-electron chi connectivity index (χ3n) is 3.23. The topological polar surface area (TPSA) is 65.1 Å². The van der Waals surface area contributed by atoms with E-state index in [0.717, 1.165) is 17.3 Å². The number of hydrogen-bond acceptors (Lipinski definition) is 7. The van der Waals surface area contributed by atoms with Crippen molar-refractivity contribution < 1.29 is 23.8 Å². The van der Waals surface area contributed by atoms with Crippen molar-refractivity contribution in [2.24, 2.45) is 0 Å². The summed E-state index contributed by atoms with van der Waals surface area (Å²) in [6, 6.07) is 5.31. The monoisotopic (exact) mass is 379 g/mol. The van der Waals surface area contributed by atoms with Crippen LogP contribution in [-0.4, -0.2) is 48.5 Å². The molecule has 1 saturated heterocycles. The Morgan fingerprint density at radius 1 is 1.36 bits per heavy atom. The molecule has 25 heavy (non-hydrogen) atoms. The van der Waals surface area contributed by atoms with Gasteiger partial charge in [0.1, 0.15) is 17.5 Å². The van der Waals surface area contributed by atoms with Gasteiger partial charge in [-0.05, 0) is 23.8 Å². The quantitative estimate of drug-likeness (QED) is 0.312. The van der Waals surface area contributed by atoms with Crippen molar-refractivity contribution in [1.29, 1.82) is 0 Å². The van der Waals surface area contributed by atoms with Gasteiger partial charge in [0.25, 0.3) is 5.91 Å². The molecule has 6 nitrogen and oxygen atoms in total. The van der Waals surface area contributed by atoms with Gasteiger partial charge in [-0.15, -0.1) is 0 Å². The molecule has 0 spiro atoms. The van der Waals surface area contributed by atoms with Crippen molar-refractivity contribution in [3.63, 3.8) is 0 Å². The number of ether oxygens (including phenoxy) is 3. The van der Waals surface area contributed by atoms with E-state index in [0.29, 0.717) is 27.3 Å². The van der Waals surface area contributed by atoms with Crippen LogP contribution >= 0.6 is 24.0 Å². The van der Waals surface area contributed by atoms with E-state index in [2.05, 4.69) is 11.3 Å². The van der Waals surface area contributed by atoms with E-state index in [-0.39, 0.29) is 12.5 Å². The molecule has 8 heteroatoms. The average Bonchev–Trinajstić information content (AvgIpc) is 2.87. The number of nitrogens with zero attached hydrogens (tertiary/aromatic N) is 1. The first kappa shape index (κ1) is 19.0. The minimum absolute atomic E-state index is 0.198. The highest BCUT2D eigenvalue weighted by Gasteiger charge is 2.33. The van der Waals surface area contributed by atoms with Crippen LogP contribution in [0.5, 0.6) is 11.5 Å². The highest BCUT2D eigenvalue weighted by Crippen LogP contribution is 2.34. The molecule has 0 aliphatic carbocycles. The molecule has 1 aliphatic heterocycles. The summed E-state index contributed by atoms with van der Waals surface area (Å²) < 4.78 is 15.7. The van der Waals surface area contributed by atoms with Crippen molar-refractivity contribution in [3.05, 3.63) is 41.3 Å². The van der Waals surface area contributed by atoms with Crippen LogP contribution in [0.25, 0.3) is 6.08 Å². The molecule has 0 bridgehead atoms. The molecular formula is C17H17NO5S2. The summed E-state index contributed by atoms with van der Waals surface area (Å²) in [5, 5.41) is 0. The van der Waals surface area contributed by atoms with Crippen molar-refractivity contribution in [1.82, 2.24) is 4.90 Å². The Hall–Kier alpha value is -2.32. The summed E-state index contributed by atoms with van der Waals surface area (Å²) in [5.74, 6) is 0.271. The summed E-state index contributed by atoms with van der Waals surface area (Å²) in [7, 11) is 2.80. The number of amides is 1. The standard InChI is InChI=1S/C17H17NO5S2/c1-4-7-23-12-6-5-11(8-13(12)21-2)9-14-16(20)18(17(24)25-14)10-15(19)22-3/h4-6,8-9H,1,7,10H2,2-3H3/b14-9-. The van der Waals surface area contributed by atoms with E-state index >= 15 is 0 Å².